The summed E-state index contributed by atoms with van der Waals surface area (Å²) in [6, 6.07) is 13.5. The van der Waals surface area contributed by atoms with Crippen molar-refractivity contribution in [1.29, 1.82) is 0 Å². The topological polar surface area (TPSA) is 75.4 Å². The maximum atomic E-state index is 12.2. The smallest absolute Gasteiger partial charge is 0.253 e. The summed E-state index contributed by atoms with van der Waals surface area (Å²) in [5.74, 6) is -0.370. The number of hydrogen-bond acceptors (Lipinski definition) is 3. The number of carbonyl (C=O) groups is 1. The van der Waals surface area contributed by atoms with E-state index in [2.05, 4.69) is 5.32 Å². The Morgan fingerprint density at radius 1 is 1.25 bits per heavy atom. The van der Waals surface area contributed by atoms with Crippen molar-refractivity contribution in [2.24, 2.45) is 0 Å². The first-order valence-corrected chi connectivity index (χ1v) is 6.51. The highest BCUT2D eigenvalue weighted by Gasteiger charge is 2.17. The number of nitrogens with one attached hydrogen (secondary N) is 1. The van der Waals surface area contributed by atoms with E-state index in [1.807, 2.05) is 30.3 Å². The summed E-state index contributed by atoms with van der Waals surface area (Å²) in [6.45, 7) is -0.199. The average molecular weight is 291 g/mol. The van der Waals surface area contributed by atoms with Crippen molar-refractivity contribution in [1.82, 2.24) is 5.32 Å². The van der Waals surface area contributed by atoms with Crippen LogP contribution in [0.15, 0.2) is 48.5 Å². The molecular weight excluding hydrogens is 276 g/mol. The lowest BCUT2D eigenvalue weighted by atomic mass is 10.1. The molecule has 0 saturated heterocycles. The van der Waals surface area contributed by atoms with E-state index in [1.54, 1.807) is 12.1 Å². The predicted octanol–water partition coefficient (Wildman–Crippen LogP) is 2.39. The number of amides is 1. The normalized spacial score (nSPS) is 11.9. The minimum absolute atomic E-state index is 0.199. The molecule has 1 amide bonds. The molecule has 0 unspecified atom stereocenters. The maximum absolute atomic E-state index is 12.2. The summed E-state index contributed by atoms with van der Waals surface area (Å²) in [5.41, 5.74) is 7.23. The molecule has 104 valence electrons. The molecule has 0 aromatic heterocycles. The molecule has 0 aliphatic heterocycles. The van der Waals surface area contributed by atoms with E-state index in [4.69, 9.17) is 17.3 Å². The first-order chi connectivity index (χ1) is 9.61. The Hall–Kier alpha value is -2.04. The lowest BCUT2D eigenvalue weighted by molar-refractivity contribution is 0.0916. The lowest BCUT2D eigenvalue weighted by Crippen LogP contribution is -2.31. The zero-order valence-electron chi connectivity index (χ0n) is 10.7. The van der Waals surface area contributed by atoms with Crippen LogP contribution < -0.4 is 11.1 Å². The molecule has 0 bridgehead atoms. The third kappa shape index (κ3) is 3.29. The minimum atomic E-state index is -0.485. The summed E-state index contributed by atoms with van der Waals surface area (Å²) >= 11 is 5.98. The molecule has 0 aliphatic rings. The van der Waals surface area contributed by atoms with Gasteiger partial charge in [-0.05, 0) is 23.8 Å². The molecule has 2 rings (SSSR count). The highest BCUT2D eigenvalue weighted by molar-refractivity contribution is 6.34. The van der Waals surface area contributed by atoms with Crippen LogP contribution in [0.1, 0.15) is 22.0 Å². The molecule has 0 heterocycles. The number of nitrogen functional groups attached to an aromatic ring is 1. The van der Waals surface area contributed by atoms with Crippen LogP contribution in [0.5, 0.6) is 0 Å². The van der Waals surface area contributed by atoms with Crippen LogP contribution in [0.3, 0.4) is 0 Å². The van der Waals surface area contributed by atoms with Crippen molar-refractivity contribution in [2.45, 2.75) is 6.04 Å². The molecular formula is C15H15ClN2O2. The van der Waals surface area contributed by atoms with Gasteiger partial charge in [-0.2, -0.15) is 0 Å². The minimum Gasteiger partial charge on any atom is -0.399 e. The molecule has 0 radical (unpaired) electrons. The summed E-state index contributed by atoms with van der Waals surface area (Å²) in [5, 5.41) is 12.5. The monoisotopic (exact) mass is 290 g/mol. The van der Waals surface area contributed by atoms with E-state index in [0.29, 0.717) is 16.3 Å². The Labute approximate surface area is 122 Å². The fourth-order valence-electron chi connectivity index (χ4n) is 1.87. The maximum Gasteiger partial charge on any atom is 0.253 e. The van der Waals surface area contributed by atoms with Crippen LogP contribution in [0.2, 0.25) is 5.02 Å². The second kappa shape index (κ2) is 6.41. The molecule has 4 nitrogen and oxygen atoms in total. The summed E-state index contributed by atoms with van der Waals surface area (Å²) < 4.78 is 0. The lowest BCUT2D eigenvalue weighted by Gasteiger charge is -2.17. The van der Waals surface area contributed by atoms with Gasteiger partial charge in [0.15, 0.2) is 0 Å². The Morgan fingerprint density at radius 3 is 2.60 bits per heavy atom. The number of anilines is 1. The van der Waals surface area contributed by atoms with E-state index in [1.165, 1.54) is 6.07 Å². The number of halogens is 1. The second-order valence-electron chi connectivity index (χ2n) is 4.36. The molecule has 2 aromatic carbocycles. The van der Waals surface area contributed by atoms with Crippen molar-refractivity contribution in [3.05, 3.63) is 64.7 Å². The third-order valence-electron chi connectivity index (χ3n) is 2.92. The number of carbonyl (C=O) groups excluding carboxylic acids is 1. The molecule has 0 saturated carbocycles. The van der Waals surface area contributed by atoms with E-state index in [-0.39, 0.29) is 12.5 Å². The first-order valence-electron chi connectivity index (χ1n) is 6.13. The van der Waals surface area contributed by atoms with Gasteiger partial charge in [-0.3, -0.25) is 4.79 Å². The van der Waals surface area contributed by atoms with Gasteiger partial charge >= 0.3 is 0 Å². The van der Waals surface area contributed by atoms with Crippen molar-refractivity contribution < 1.29 is 9.90 Å². The van der Waals surface area contributed by atoms with Gasteiger partial charge in [0, 0.05) is 5.69 Å². The molecule has 1 atom stereocenters. The van der Waals surface area contributed by atoms with Gasteiger partial charge in [0.1, 0.15) is 0 Å². The molecule has 0 aliphatic carbocycles. The third-order valence-corrected chi connectivity index (χ3v) is 3.25. The van der Waals surface area contributed by atoms with E-state index >= 15 is 0 Å². The molecule has 5 heteroatoms. The average Bonchev–Trinajstić information content (AvgIpc) is 2.48. The van der Waals surface area contributed by atoms with Crippen LogP contribution >= 0.6 is 11.6 Å². The number of nitrogens with two attached hydrogens (primary N) is 1. The van der Waals surface area contributed by atoms with Gasteiger partial charge in [-0.1, -0.05) is 41.9 Å². The van der Waals surface area contributed by atoms with Gasteiger partial charge < -0.3 is 16.2 Å². The summed E-state index contributed by atoms with van der Waals surface area (Å²) in [7, 11) is 0. The van der Waals surface area contributed by atoms with Gasteiger partial charge in [-0.25, -0.2) is 0 Å². The molecule has 0 spiro atoms. The predicted molar refractivity (Wildman–Crippen MR) is 79.6 cm³/mol. The Kier molecular flexibility index (Phi) is 4.61. The zero-order chi connectivity index (χ0) is 14.5. The fourth-order valence-corrected chi connectivity index (χ4v) is 2.08. The Morgan fingerprint density at radius 2 is 1.95 bits per heavy atom. The highest BCUT2D eigenvalue weighted by Crippen LogP contribution is 2.20. The van der Waals surface area contributed by atoms with Gasteiger partial charge in [0.2, 0.25) is 0 Å². The molecule has 2 aromatic rings. The Balaban J connectivity index is 2.20. The quantitative estimate of drug-likeness (QED) is 0.757. The van der Waals surface area contributed by atoms with Crippen LogP contribution in [-0.4, -0.2) is 17.6 Å². The van der Waals surface area contributed by atoms with Crippen LogP contribution in [-0.2, 0) is 0 Å². The number of benzene rings is 2. The van der Waals surface area contributed by atoms with Crippen LogP contribution in [0, 0.1) is 0 Å². The van der Waals surface area contributed by atoms with Crippen molar-refractivity contribution >= 4 is 23.2 Å². The van der Waals surface area contributed by atoms with Gasteiger partial charge in [0.05, 0.1) is 23.2 Å². The number of rotatable bonds is 4. The van der Waals surface area contributed by atoms with Crippen molar-refractivity contribution in [3.63, 3.8) is 0 Å². The van der Waals surface area contributed by atoms with Gasteiger partial charge in [-0.15, -0.1) is 0 Å². The van der Waals surface area contributed by atoms with Crippen molar-refractivity contribution in [2.75, 3.05) is 12.3 Å². The fraction of sp³-hybridized carbons (Fsp3) is 0.133. The Bertz CT molecular complexity index is 602. The molecule has 0 fully saturated rings. The van der Waals surface area contributed by atoms with E-state index in [9.17, 15) is 9.90 Å². The first kappa shape index (κ1) is 14.4. The largest absolute Gasteiger partial charge is 0.399 e. The van der Waals surface area contributed by atoms with E-state index in [0.717, 1.165) is 5.56 Å². The standard InChI is InChI=1S/C15H15ClN2O2/c16-13-7-6-11(17)8-12(13)15(20)18-14(9-19)10-4-2-1-3-5-10/h1-8,14,19H,9,17H2,(H,18,20)/t14-/m1/s1. The highest BCUT2D eigenvalue weighted by atomic mass is 35.5. The van der Waals surface area contributed by atoms with E-state index < -0.39 is 6.04 Å². The number of aliphatic hydroxyl groups excluding tert-OH is 1. The van der Waals surface area contributed by atoms with Crippen LogP contribution in [0.25, 0.3) is 0 Å². The SMILES string of the molecule is Nc1ccc(Cl)c(C(=O)N[C@H](CO)c2ccccc2)c1. The summed E-state index contributed by atoms with van der Waals surface area (Å²) in [4.78, 5) is 12.2. The molecule has 4 N–H and O–H groups in total. The van der Waals surface area contributed by atoms with Crippen LogP contribution in [0.4, 0.5) is 5.69 Å². The second-order valence-corrected chi connectivity index (χ2v) is 4.77. The summed E-state index contributed by atoms with van der Waals surface area (Å²) in [6.07, 6.45) is 0. The zero-order valence-corrected chi connectivity index (χ0v) is 11.5. The molecule has 20 heavy (non-hydrogen) atoms. The number of hydrogen-bond donors (Lipinski definition) is 3. The van der Waals surface area contributed by atoms with Crippen molar-refractivity contribution in [3.8, 4) is 0 Å². The van der Waals surface area contributed by atoms with Gasteiger partial charge in [0.25, 0.3) is 5.91 Å². The number of aliphatic hydroxyl groups is 1.